The van der Waals surface area contributed by atoms with Crippen LogP contribution in [0.4, 0.5) is 0 Å². The van der Waals surface area contributed by atoms with Gasteiger partial charge >= 0.3 is 5.97 Å². The van der Waals surface area contributed by atoms with E-state index in [4.69, 9.17) is 9.47 Å². The molecule has 1 aliphatic carbocycles. The van der Waals surface area contributed by atoms with Gasteiger partial charge in [0.05, 0.1) is 19.8 Å². The van der Waals surface area contributed by atoms with Gasteiger partial charge in [0.1, 0.15) is 5.54 Å². The molecule has 1 saturated carbocycles. The molecule has 0 amide bonds. The van der Waals surface area contributed by atoms with Crippen molar-refractivity contribution in [3.05, 3.63) is 0 Å². The number of ether oxygens (including phenoxy) is 2. The molecule has 0 radical (unpaired) electrons. The summed E-state index contributed by atoms with van der Waals surface area (Å²) in [6.07, 6.45) is 4.78. The highest BCUT2D eigenvalue weighted by molar-refractivity contribution is 5.80. The van der Waals surface area contributed by atoms with Crippen LogP contribution >= 0.6 is 0 Å². The number of nitrogens with one attached hydrogen (secondary N) is 1. The van der Waals surface area contributed by atoms with Crippen molar-refractivity contribution in [2.24, 2.45) is 0 Å². The van der Waals surface area contributed by atoms with E-state index in [1.165, 1.54) is 26.4 Å². The number of carbonyl (C=O) groups is 1. The van der Waals surface area contributed by atoms with Gasteiger partial charge in [-0.15, -0.1) is 0 Å². The lowest BCUT2D eigenvalue weighted by molar-refractivity contribution is -0.149. The molecule has 1 N–H and O–H groups in total. The summed E-state index contributed by atoms with van der Waals surface area (Å²) in [4.78, 5) is 14.5. The van der Waals surface area contributed by atoms with Crippen LogP contribution in [0.15, 0.2) is 0 Å². The molecule has 5 heteroatoms. The molecule has 2 rings (SSSR count). The predicted molar refractivity (Wildman–Crippen MR) is 77.6 cm³/mol. The fourth-order valence-corrected chi connectivity index (χ4v) is 3.72. The molecular weight excluding hydrogens is 256 g/mol. The van der Waals surface area contributed by atoms with E-state index >= 15 is 0 Å². The average Bonchev–Trinajstić information content (AvgIpc) is 2.94. The minimum atomic E-state index is -0.624. The van der Waals surface area contributed by atoms with Crippen LogP contribution < -0.4 is 5.32 Å². The van der Waals surface area contributed by atoms with E-state index < -0.39 is 5.54 Å². The van der Waals surface area contributed by atoms with Gasteiger partial charge in [0.25, 0.3) is 0 Å². The van der Waals surface area contributed by atoms with Gasteiger partial charge in [-0.25, -0.2) is 0 Å². The van der Waals surface area contributed by atoms with Gasteiger partial charge < -0.3 is 14.8 Å². The molecule has 4 atom stereocenters. The van der Waals surface area contributed by atoms with Gasteiger partial charge in [-0.1, -0.05) is 0 Å². The van der Waals surface area contributed by atoms with E-state index in [1.807, 2.05) is 14.0 Å². The molecular formula is C15H28N2O3. The van der Waals surface area contributed by atoms with Crippen molar-refractivity contribution in [1.29, 1.82) is 0 Å². The van der Waals surface area contributed by atoms with E-state index in [-0.39, 0.29) is 5.97 Å². The first-order chi connectivity index (χ1) is 9.51. The highest BCUT2D eigenvalue weighted by atomic mass is 16.5. The number of morpholine rings is 1. The fourth-order valence-electron chi connectivity index (χ4n) is 3.72. The Bertz CT molecular complexity index is 350. The molecule has 1 heterocycles. The monoisotopic (exact) mass is 284 g/mol. The van der Waals surface area contributed by atoms with Gasteiger partial charge in [0.2, 0.25) is 0 Å². The Morgan fingerprint density at radius 3 is 2.95 bits per heavy atom. The number of fused-ring (bicyclic) bond motifs is 1. The minimum Gasteiger partial charge on any atom is -0.468 e. The van der Waals surface area contributed by atoms with Gasteiger partial charge in [-0.05, 0) is 46.6 Å². The lowest BCUT2D eigenvalue weighted by Crippen LogP contribution is -2.57. The molecule has 1 saturated heterocycles. The summed E-state index contributed by atoms with van der Waals surface area (Å²) in [5.74, 6) is -0.192. The SMILES string of the molecule is CNC(C)(CC(C)N1CCOC2CCCC21)C(=O)OC. The maximum atomic E-state index is 12.0. The Hall–Kier alpha value is -0.650. The van der Waals surface area contributed by atoms with Gasteiger partial charge in [-0.2, -0.15) is 0 Å². The number of carbonyl (C=O) groups excluding carboxylic acids is 1. The van der Waals surface area contributed by atoms with Gasteiger partial charge in [0, 0.05) is 18.6 Å². The first kappa shape index (κ1) is 15.7. The summed E-state index contributed by atoms with van der Waals surface area (Å²) in [6, 6.07) is 0.860. The van der Waals surface area contributed by atoms with Crippen molar-refractivity contribution in [3.8, 4) is 0 Å². The second-order valence-corrected chi connectivity index (χ2v) is 6.27. The number of nitrogens with zero attached hydrogens (tertiary/aromatic N) is 1. The Balaban J connectivity index is 2.02. The Labute approximate surface area is 122 Å². The fraction of sp³-hybridized carbons (Fsp3) is 0.933. The molecule has 2 aliphatic rings. The molecule has 0 bridgehead atoms. The molecule has 0 aromatic carbocycles. The van der Waals surface area contributed by atoms with Crippen molar-refractivity contribution >= 4 is 5.97 Å². The van der Waals surface area contributed by atoms with E-state index in [0.717, 1.165) is 19.6 Å². The highest BCUT2D eigenvalue weighted by Crippen LogP contribution is 2.32. The molecule has 5 nitrogen and oxygen atoms in total. The van der Waals surface area contributed by atoms with Crippen LogP contribution in [0.5, 0.6) is 0 Å². The lowest BCUT2D eigenvalue weighted by Gasteiger charge is -2.43. The summed E-state index contributed by atoms with van der Waals surface area (Å²) in [7, 11) is 3.27. The first-order valence-electron chi connectivity index (χ1n) is 7.66. The van der Waals surface area contributed by atoms with Crippen LogP contribution in [0.3, 0.4) is 0 Å². The van der Waals surface area contributed by atoms with Crippen molar-refractivity contribution in [3.63, 3.8) is 0 Å². The van der Waals surface area contributed by atoms with Crippen molar-refractivity contribution in [1.82, 2.24) is 10.2 Å². The number of esters is 1. The summed E-state index contributed by atoms with van der Waals surface area (Å²) < 4.78 is 10.8. The molecule has 0 aromatic heterocycles. The molecule has 116 valence electrons. The van der Waals surface area contributed by atoms with E-state index in [9.17, 15) is 4.79 Å². The molecule has 1 aliphatic heterocycles. The molecule has 4 unspecified atom stereocenters. The molecule has 20 heavy (non-hydrogen) atoms. The maximum Gasteiger partial charge on any atom is 0.325 e. The summed E-state index contributed by atoms with van der Waals surface area (Å²) >= 11 is 0. The number of rotatable bonds is 5. The number of hydrogen-bond acceptors (Lipinski definition) is 5. The van der Waals surface area contributed by atoms with Crippen LogP contribution in [0.1, 0.15) is 39.5 Å². The van der Waals surface area contributed by atoms with E-state index in [2.05, 4.69) is 17.1 Å². The van der Waals surface area contributed by atoms with E-state index in [1.54, 1.807) is 0 Å². The zero-order valence-electron chi connectivity index (χ0n) is 13.1. The largest absolute Gasteiger partial charge is 0.468 e. The molecule has 2 fully saturated rings. The van der Waals surface area contributed by atoms with Crippen molar-refractivity contribution < 1.29 is 14.3 Å². The second-order valence-electron chi connectivity index (χ2n) is 6.27. The standard InChI is InChI=1S/C15H28N2O3/c1-11(10-15(2,16-3)14(18)19-4)17-8-9-20-13-7-5-6-12(13)17/h11-13,16H,5-10H2,1-4H3. The lowest BCUT2D eigenvalue weighted by atomic mass is 9.91. The number of methoxy groups -OCH3 is 1. The summed E-state index contributed by atoms with van der Waals surface area (Å²) in [5, 5.41) is 3.13. The van der Waals surface area contributed by atoms with Gasteiger partial charge in [-0.3, -0.25) is 9.69 Å². The third-order valence-electron chi connectivity index (χ3n) is 4.98. The smallest absolute Gasteiger partial charge is 0.325 e. The molecule has 0 spiro atoms. The van der Waals surface area contributed by atoms with Crippen molar-refractivity contribution in [2.45, 2.75) is 63.3 Å². The quantitative estimate of drug-likeness (QED) is 0.768. The topological polar surface area (TPSA) is 50.8 Å². The maximum absolute atomic E-state index is 12.0. The van der Waals surface area contributed by atoms with Crippen LogP contribution in [-0.4, -0.2) is 61.9 Å². The summed E-state index contributed by atoms with van der Waals surface area (Å²) in [6.45, 7) is 5.89. The number of likely N-dealkylation sites (N-methyl/N-ethyl adjacent to an activating group) is 1. The van der Waals surface area contributed by atoms with Crippen LogP contribution in [0.2, 0.25) is 0 Å². The third-order valence-corrected chi connectivity index (χ3v) is 4.98. The van der Waals surface area contributed by atoms with Crippen LogP contribution in [-0.2, 0) is 14.3 Å². The zero-order valence-corrected chi connectivity index (χ0v) is 13.1. The van der Waals surface area contributed by atoms with Crippen LogP contribution in [0.25, 0.3) is 0 Å². The van der Waals surface area contributed by atoms with Crippen molar-refractivity contribution in [2.75, 3.05) is 27.3 Å². The first-order valence-corrected chi connectivity index (χ1v) is 7.66. The highest BCUT2D eigenvalue weighted by Gasteiger charge is 2.41. The number of hydrogen-bond donors (Lipinski definition) is 1. The minimum absolute atomic E-state index is 0.192. The normalized spacial score (nSPS) is 31.4. The molecule has 0 aromatic rings. The second kappa shape index (κ2) is 6.41. The average molecular weight is 284 g/mol. The Morgan fingerprint density at radius 1 is 1.55 bits per heavy atom. The third kappa shape index (κ3) is 3.00. The Kier molecular flexibility index (Phi) is 5.04. The van der Waals surface area contributed by atoms with Crippen LogP contribution in [0, 0.1) is 0 Å². The Morgan fingerprint density at radius 2 is 2.30 bits per heavy atom. The predicted octanol–water partition coefficient (Wildman–Crippen LogP) is 1.17. The zero-order chi connectivity index (χ0) is 14.8. The summed E-state index contributed by atoms with van der Waals surface area (Å²) in [5.41, 5.74) is -0.624. The van der Waals surface area contributed by atoms with Gasteiger partial charge in [0.15, 0.2) is 0 Å². The van der Waals surface area contributed by atoms with E-state index in [0.29, 0.717) is 18.2 Å².